The fraction of sp³-hybridized carbons (Fsp3) is 0.0333. The van der Waals surface area contributed by atoms with Crippen LogP contribution in [0.15, 0.2) is 116 Å². The molecule has 5 rings (SSSR count). The Morgan fingerprint density at radius 2 is 1.28 bits per heavy atom. The van der Waals surface area contributed by atoms with Crippen LogP contribution in [-0.4, -0.2) is 41.3 Å². The zero-order valence-corrected chi connectivity index (χ0v) is 23.2. The van der Waals surface area contributed by atoms with Crippen molar-refractivity contribution in [3.05, 3.63) is 96.6 Å². The number of aromatic hydroxyl groups is 2. The van der Waals surface area contributed by atoms with Crippen molar-refractivity contribution in [1.82, 2.24) is 0 Å². The van der Waals surface area contributed by atoms with Gasteiger partial charge in [0, 0.05) is 18.1 Å². The second-order valence-electron chi connectivity index (χ2n) is 9.23. The van der Waals surface area contributed by atoms with Crippen LogP contribution in [0.25, 0.3) is 21.9 Å². The summed E-state index contributed by atoms with van der Waals surface area (Å²) in [5.74, 6) is -2.07. The first-order valence-electron chi connectivity index (χ1n) is 12.6. The van der Waals surface area contributed by atoms with Crippen LogP contribution < -0.4 is 5.32 Å². The number of hydrogen-bond acceptors (Lipinski definition) is 10. The number of aromatic carboxylic acids is 1. The highest BCUT2D eigenvalue weighted by Crippen LogP contribution is 2.42. The SMILES string of the molecule is CNc1ccc2cc(S(=O)(=O)O)c(N=Nc3ccc(-c4ccc(N=Nc5ccc(O)c(C(=O)O)c5)cc4)cc3)c(O)c2c1. The molecule has 43 heavy (non-hydrogen) atoms. The Morgan fingerprint density at radius 3 is 1.84 bits per heavy atom. The molecule has 0 aliphatic rings. The number of hydrogen-bond donors (Lipinski definition) is 5. The number of benzene rings is 5. The molecule has 0 saturated carbocycles. The molecule has 0 aliphatic carbocycles. The van der Waals surface area contributed by atoms with Gasteiger partial charge in [0.2, 0.25) is 0 Å². The molecule has 0 aromatic heterocycles. The van der Waals surface area contributed by atoms with Crippen LogP contribution in [0.2, 0.25) is 0 Å². The largest absolute Gasteiger partial charge is 0.507 e. The average Bonchev–Trinajstić information content (AvgIpc) is 3.00. The zero-order valence-electron chi connectivity index (χ0n) is 22.4. The molecular formula is C30H23N5O7S. The molecule has 5 N–H and O–H groups in total. The van der Waals surface area contributed by atoms with Gasteiger partial charge in [0.1, 0.15) is 21.9 Å². The second-order valence-corrected chi connectivity index (χ2v) is 10.6. The number of rotatable bonds is 8. The zero-order chi connectivity index (χ0) is 30.7. The Labute approximate surface area is 245 Å². The lowest BCUT2D eigenvalue weighted by molar-refractivity contribution is 0.0693. The van der Waals surface area contributed by atoms with Crippen molar-refractivity contribution in [2.24, 2.45) is 20.5 Å². The number of carbonyl (C=O) groups is 1. The van der Waals surface area contributed by atoms with Crippen LogP contribution in [0.3, 0.4) is 0 Å². The normalized spacial score (nSPS) is 11.9. The maximum absolute atomic E-state index is 12.1. The number of fused-ring (bicyclic) bond motifs is 1. The summed E-state index contributed by atoms with van der Waals surface area (Å²) in [4.78, 5) is 10.6. The Morgan fingerprint density at radius 1 is 0.721 bits per heavy atom. The van der Waals surface area contributed by atoms with Crippen molar-refractivity contribution in [2.75, 3.05) is 12.4 Å². The van der Waals surface area contributed by atoms with Gasteiger partial charge in [-0.05, 0) is 77.2 Å². The summed E-state index contributed by atoms with van der Waals surface area (Å²) >= 11 is 0. The summed E-state index contributed by atoms with van der Waals surface area (Å²) in [6, 6.07) is 24.0. The summed E-state index contributed by atoms with van der Waals surface area (Å²) in [5.41, 5.74) is 2.87. The first-order valence-corrected chi connectivity index (χ1v) is 14.0. The third-order valence-electron chi connectivity index (χ3n) is 6.44. The summed E-state index contributed by atoms with van der Waals surface area (Å²) in [5, 5.41) is 49.5. The number of azo groups is 2. The quantitative estimate of drug-likeness (QED) is 0.0885. The van der Waals surface area contributed by atoms with Gasteiger partial charge in [-0.15, -0.1) is 5.11 Å². The Hall–Kier alpha value is -5.66. The van der Waals surface area contributed by atoms with E-state index < -0.39 is 26.7 Å². The molecule has 0 aliphatic heterocycles. The molecule has 0 bridgehead atoms. The fourth-order valence-corrected chi connectivity index (χ4v) is 4.87. The molecule has 0 radical (unpaired) electrons. The predicted molar refractivity (Wildman–Crippen MR) is 160 cm³/mol. The second kappa shape index (κ2) is 11.7. The van der Waals surface area contributed by atoms with Crippen LogP contribution in [0, 0.1) is 0 Å². The van der Waals surface area contributed by atoms with Crippen molar-refractivity contribution >= 4 is 55.3 Å². The van der Waals surface area contributed by atoms with Gasteiger partial charge in [-0.2, -0.15) is 23.8 Å². The highest BCUT2D eigenvalue weighted by molar-refractivity contribution is 7.86. The van der Waals surface area contributed by atoms with Crippen molar-refractivity contribution in [3.8, 4) is 22.6 Å². The molecule has 0 amide bonds. The molecule has 216 valence electrons. The van der Waals surface area contributed by atoms with E-state index in [1.807, 2.05) is 12.1 Å². The van der Waals surface area contributed by atoms with E-state index in [-0.39, 0.29) is 22.7 Å². The van der Waals surface area contributed by atoms with Gasteiger partial charge >= 0.3 is 5.97 Å². The predicted octanol–water partition coefficient (Wildman–Crippen LogP) is 7.74. The van der Waals surface area contributed by atoms with Crippen LogP contribution in [-0.2, 0) is 10.1 Å². The minimum atomic E-state index is -4.72. The summed E-state index contributed by atoms with van der Waals surface area (Å²) in [6.45, 7) is 0. The highest BCUT2D eigenvalue weighted by Gasteiger charge is 2.22. The lowest BCUT2D eigenvalue weighted by Gasteiger charge is -2.10. The van der Waals surface area contributed by atoms with Crippen molar-refractivity contribution in [2.45, 2.75) is 4.90 Å². The van der Waals surface area contributed by atoms with Crippen molar-refractivity contribution < 1.29 is 33.1 Å². The monoisotopic (exact) mass is 597 g/mol. The molecule has 0 spiro atoms. The lowest BCUT2D eigenvalue weighted by Crippen LogP contribution is -1.99. The maximum atomic E-state index is 12.1. The molecule has 0 atom stereocenters. The molecule has 0 unspecified atom stereocenters. The van der Waals surface area contributed by atoms with Crippen LogP contribution in [0.1, 0.15) is 10.4 Å². The molecular weight excluding hydrogens is 574 g/mol. The summed E-state index contributed by atoms with van der Waals surface area (Å²) in [7, 11) is -3.02. The molecule has 12 nitrogen and oxygen atoms in total. The first kappa shape index (κ1) is 28.9. The maximum Gasteiger partial charge on any atom is 0.339 e. The van der Waals surface area contributed by atoms with Crippen LogP contribution in [0.5, 0.6) is 11.5 Å². The van der Waals surface area contributed by atoms with Crippen molar-refractivity contribution in [1.29, 1.82) is 0 Å². The van der Waals surface area contributed by atoms with E-state index in [9.17, 15) is 28.0 Å². The minimum Gasteiger partial charge on any atom is -0.507 e. The van der Waals surface area contributed by atoms with Gasteiger partial charge < -0.3 is 20.6 Å². The summed E-state index contributed by atoms with van der Waals surface area (Å²) < 4.78 is 33.9. The van der Waals surface area contributed by atoms with E-state index in [4.69, 9.17) is 5.11 Å². The van der Waals surface area contributed by atoms with Crippen LogP contribution in [0.4, 0.5) is 28.4 Å². The van der Waals surface area contributed by atoms with Gasteiger partial charge in [-0.25, -0.2) is 4.79 Å². The summed E-state index contributed by atoms with van der Waals surface area (Å²) in [6.07, 6.45) is 0. The minimum absolute atomic E-state index is 0.271. The number of phenolic OH excluding ortho intramolecular Hbond substituents is 1. The number of nitrogens with zero attached hydrogens (tertiary/aromatic N) is 4. The smallest absolute Gasteiger partial charge is 0.339 e. The Balaban J connectivity index is 1.36. The number of nitrogens with one attached hydrogen (secondary N) is 1. The van der Waals surface area contributed by atoms with Crippen molar-refractivity contribution in [3.63, 3.8) is 0 Å². The van der Waals surface area contributed by atoms with Gasteiger partial charge in [-0.1, -0.05) is 30.3 Å². The molecule has 0 saturated heterocycles. The van der Waals surface area contributed by atoms with E-state index in [1.165, 1.54) is 24.3 Å². The van der Waals surface area contributed by atoms with Crippen LogP contribution >= 0.6 is 0 Å². The highest BCUT2D eigenvalue weighted by atomic mass is 32.2. The van der Waals surface area contributed by atoms with E-state index >= 15 is 0 Å². The standard InChI is InChI=1S/C30H23N5O7S/c1-31-22-11-6-19-14-27(43(40,41)42)28(29(37)24(19)15-22)35-33-21-9-4-18(5-10-21)17-2-7-20(8-3-17)32-34-23-12-13-26(36)25(16-23)30(38)39/h2-16,31,36-37H,1H3,(H,38,39)(H,40,41,42). The fourth-order valence-electron chi connectivity index (χ4n) is 4.21. The third-order valence-corrected chi connectivity index (χ3v) is 7.31. The van der Waals surface area contributed by atoms with E-state index in [1.54, 1.807) is 61.6 Å². The van der Waals surface area contributed by atoms with Gasteiger partial charge in [0.25, 0.3) is 10.1 Å². The average molecular weight is 598 g/mol. The number of phenols is 2. The Bertz CT molecular complexity index is 2030. The number of carboxylic acid groups (broad SMARTS) is 1. The van der Waals surface area contributed by atoms with E-state index in [2.05, 4.69) is 25.8 Å². The Kier molecular flexibility index (Phi) is 7.84. The molecule has 5 aromatic carbocycles. The topological polar surface area (TPSA) is 194 Å². The lowest BCUT2D eigenvalue weighted by atomic mass is 10.1. The first-order chi connectivity index (χ1) is 20.5. The molecule has 0 fully saturated rings. The third kappa shape index (κ3) is 6.32. The van der Waals surface area contributed by atoms with E-state index in [0.29, 0.717) is 27.8 Å². The van der Waals surface area contributed by atoms with Gasteiger partial charge in [-0.3, -0.25) is 4.55 Å². The molecule has 13 heteroatoms. The van der Waals surface area contributed by atoms with Gasteiger partial charge in [0.15, 0.2) is 5.75 Å². The molecule has 0 heterocycles. The number of anilines is 1. The molecule has 5 aromatic rings. The van der Waals surface area contributed by atoms with Gasteiger partial charge in [0.05, 0.1) is 17.1 Å². The number of carboxylic acids is 1. The van der Waals surface area contributed by atoms with E-state index in [0.717, 1.165) is 11.1 Å².